The van der Waals surface area contributed by atoms with E-state index in [-0.39, 0.29) is 36.5 Å². The van der Waals surface area contributed by atoms with Gasteiger partial charge in [-0.1, -0.05) is 0 Å². The zero-order valence-electron chi connectivity index (χ0n) is 12.6. The van der Waals surface area contributed by atoms with E-state index in [0.29, 0.717) is 6.54 Å². The lowest BCUT2D eigenvalue weighted by molar-refractivity contribution is -0.126. The van der Waals surface area contributed by atoms with Crippen molar-refractivity contribution in [2.24, 2.45) is 5.92 Å². The SMILES string of the molecule is O=C(NCC1CCCN1)C1CC(=O)N(c2ccc(F)cc2F)C1. The Hall–Kier alpha value is -2.02. The summed E-state index contributed by atoms with van der Waals surface area (Å²) in [4.78, 5) is 25.5. The minimum absolute atomic E-state index is 0.0177. The minimum atomic E-state index is -0.797. The molecule has 2 fully saturated rings. The lowest BCUT2D eigenvalue weighted by Crippen LogP contribution is -2.40. The number of rotatable bonds is 4. The van der Waals surface area contributed by atoms with Gasteiger partial charge < -0.3 is 15.5 Å². The van der Waals surface area contributed by atoms with Gasteiger partial charge in [0.1, 0.15) is 11.6 Å². The number of halogens is 2. The second-order valence-corrected chi connectivity index (χ2v) is 6.04. The second-order valence-electron chi connectivity index (χ2n) is 6.04. The number of amides is 2. The lowest BCUT2D eigenvalue weighted by Gasteiger charge is -2.18. The van der Waals surface area contributed by atoms with Gasteiger partial charge in [-0.2, -0.15) is 0 Å². The van der Waals surface area contributed by atoms with Crippen LogP contribution in [0, 0.1) is 17.6 Å². The van der Waals surface area contributed by atoms with Crippen LogP contribution in [0.1, 0.15) is 19.3 Å². The molecule has 2 atom stereocenters. The standard InChI is InChI=1S/C16H19F2N3O2/c17-11-3-4-14(13(18)7-11)21-9-10(6-15(21)22)16(23)20-8-12-2-1-5-19-12/h3-4,7,10,12,19H,1-2,5-6,8-9H2,(H,20,23). The molecule has 0 spiro atoms. The number of carbonyl (C=O) groups is 2. The van der Waals surface area contributed by atoms with E-state index in [0.717, 1.165) is 31.5 Å². The Morgan fingerprint density at radius 1 is 1.39 bits per heavy atom. The van der Waals surface area contributed by atoms with E-state index in [1.54, 1.807) is 0 Å². The zero-order valence-corrected chi connectivity index (χ0v) is 12.6. The highest BCUT2D eigenvalue weighted by Gasteiger charge is 2.36. The summed E-state index contributed by atoms with van der Waals surface area (Å²) < 4.78 is 26.8. The van der Waals surface area contributed by atoms with Crippen molar-refractivity contribution in [2.75, 3.05) is 24.5 Å². The van der Waals surface area contributed by atoms with E-state index in [1.165, 1.54) is 11.0 Å². The molecule has 0 bridgehead atoms. The molecule has 1 aromatic rings. The van der Waals surface area contributed by atoms with E-state index in [9.17, 15) is 18.4 Å². The van der Waals surface area contributed by atoms with Crippen molar-refractivity contribution in [2.45, 2.75) is 25.3 Å². The number of carbonyl (C=O) groups excluding carboxylic acids is 2. The van der Waals surface area contributed by atoms with E-state index in [2.05, 4.69) is 10.6 Å². The summed E-state index contributed by atoms with van der Waals surface area (Å²) in [5.41, 5.74) is 0.0177. The van der Waals surface area contributed by atoms with Crippen molar-refractivity contribution < 1.29 is 18.4 Å². The largest absolute Gasteiger partial charge is 0.354 e. The first-order valence-electron chi connectivity index (χ1n) is 7.81. The van der Waals surface area contributed by atoms with Crippen LogP contribution < -0.4 is 15.5 Å². The second kappa shape index (κ2) is 6.62. The van der Waals surface area contributed by atoms with Gasteiger partial charge in [-0.15, -0.1) is 0 Å². The van der Waals surface area contributed by atoms with Crippen LogP contribution in [-0.4, -0.2) is 37.5 Å². The molecule has 0 aliphatic carbocycles. The molecule has 2 aliphatic rings. The lowest BCUT2D eigenvalue weighted by atomic mass is 10.1. The van der Waals surface area contributed by atoms with Crippen molar-refractivity contribution in [1.82, 2.24) is 10.6 Å². The number of nitrogens with zero attached hydrogens (tertiary/aromatic N) is 1. The Labute approximate surface area is 133 Å². The molecule has 0 aromatic heterocycles. The Morgan fingerprint density at radius 2 is 2.22 bits per heavy atom. The van der Waals surface area contributed by atoms with Gasteiger partial charge in [0.15, 0.2) is 0 Å². The monoisotopic (exact) mass is 323 g/mol. The number of hydrogen-bond acceptors (Lipinski definition) is 3. The Bertz CT molecular complexity index is 617. The molecule has 23 heavy (non-hydrogen) atoms. The summed E-state index contributed by atoms with van der Waals surface area (Å²) in [6, 6.07) is 3.35. The van der Waals surface area contributed by atoms with Gasteiger partial charge in [-0.25, -0.2) is 8.78 Å². The van der Waals surface area contributed by atoms with Crippen molar-refractivity contribution >= 4 is 17.5 Å². The summed E-state index contributed by atoms with van der Waals surface area (Å²) >= 11 is 0. The molecule has 2 amide bonds. The smallest absolute Gasteiger partial charge is 0.227 e. The van der Waals surface area contributed by atoms with Crippen LogP contribution in [0.5, 0.6) is 0 Å². The van der Waals surface area contributed by atoms with Crippen LogP contribution in [0.4, 0.5) is 14.5 Å². The molecule has 2 aliphatic heterocycles. The predicted molar refractivity (Wildman–Crippen MR) is 80.9 cm³/mol. The third-order valence-electron chi connectivity index (χ3n) is 4.38. The van der Waals surface area contributed by atoms with Crippen molar-refractivity contribution in [3.63, 3.8) is 0 Å². The van der Waals surface area contributed by atoms with Gasteiger partial charge in [0.2, 0.25) is 11.8 Å². The van der Waals surface area contributed by atoms with Crippen LogP contribution in [0.3, 0.4) is 0 Å². The maximum Gasteiger partial charge on any atom is 0.227 e. The zero-order chi connectivity index (χ0) is 16.4. The van der Waals surface area contributed by atoms with E-state index >= 15 is 0 Å². The molecule has 0 radical (unpaired) electrons. The number of nitrogens with one attached hydrogen (secondary N) is 2. The number of anilines is 1. The average Bonchev–Trinajstić information content (AvgIpc) is 3.15. The topological polar surface area (TPSA) is 61.4 Å². The summed E-state index contributed by atoms with van der Waals surface area (Å²) in [6.45, 7) is 1.61. The molecular formula is C16H19F2N3O2. The maximum atomic E-state index is 13.8. The molecule has 3 rings (SSSR count). The van der Waals surface area contributed by atoms with Gasteiger partial charge in [0.05, 0.1) is 11.6 Å². The summed E-state index contributed by atoms with van der Waals surface area (Å²) in [5, 5.41) is 6.13. The van der Waals surface area contributed by atoms with Crippen LogP contribution in [-0.2, 0) is 9.59 Å². The van der Waals surface area contributed by atoms with Crippen LogP contribution in [0.25, 0.3) is 0 Å². The molecule has 7 heteroatoms. The fraction of sp³-hybridized carbons (Fsp3) is 0.500. The minimum Gasteiger partial charge on any atom is -0.354 e. The van der Waals surface area contributed by atoms with Crippen molar-refractivity contribution in [1.29, 1.82) is 0 Å². The first-order chi connectivity index (χ1) is 11.0. The van der Waals surface area contributed by atoms with E-state index in [1.807, 2.05) is 0 Å². The molecule has 2 N–H and O–H groups in total. The fourth-order valence-electron chi connectivity index (χ4n) is 3.12. The third kappa shape index (κ3) is 3.50. The quantitative estimate of drug-likeness (QED) is 0.875. The third-order valence-corrected chi connectivity index (χ3v) is 4.38. The Kier molecular flexibility index (Phi) is 4.56. The van der Waals surface area contributed by atoms with E-state index in [4.69, 9.17) is 0 Å². The molecular weight excluding hydrogens is 304 g/mol. The van der Waals surface area contributed by atoms with E-state index < -0.39 is 17.6 Å². The number of hydrogen-bond donors (Lipinski definition) is 2. The molecule has 2 heterocycles. The van der Waals surface area contributed by atoms with Gasteiger partial charge in [0, 0.05) is 31.6 Å². The maximum absolute atomic E-state index is 13.8. The Morgan fingerprint density at radius 3 is 2.91 bits per heavy atom. The normalized spacial score (nSPS) is 24.3. The van der Waals surface area contributed by atoms with Gasteiger partial charge in [-0.05, 0) is 31.5 Å². The van der Waals surface area contributed by atoms with Crippen LogP contribution >= 0.6 is 0 Å². The molecule has 0 saturated carbocycles. The van der Waals surface area contributed by atoms with Gasteiger partial charge in [-0.3, -0.25) is 9.59 Å². The summed E-state index contributed by atoms with van der Waals surface area (Å²) in [6.07, 6.45) is 2.16. The molecule has 2 saturated heterocycles. The molecule has 5 nitrogen and oxygen atoms in total. The van der Waals surface area contributed by atoms with Crippen LogP contribution in [0.2, 0.25) is 0 Å². The first-order valence-corrected chi connectivity index (χ1v) is 7.81. The summed E-state index contributed by atoms with van der Waals surface area (Å²) in [5.74, 6) is -2.52. The highest BCUT2D eigenvalue weighted by Crippen LogP contribution is 2.28. The average molecular weight is 323 g/mol. The highest BCUT2D eigenvalue weighted by atomic mass is 19.1. The Balaban J connectivity index is 1.61. The van der Waals surface area contributed by atoms with Gasteiger partial charge >= 0.3 is 0 Å². The van der Waals surface area contributed by atoms with Crippen molar-refractivity contribution in [3.8, 4) is 0 Å². The van der Waals surface area contributed by atoms with Crippen molar-refractivity contribution in [3.05, 3.63) is 29.8 Å². The van der Waals surface area contributed by atoms with Gasteiger partial charge in [0.25, 0.3) is 0 Å². The molecule has 124 valence electrons. The van der Waals surface area contributed by atoms with Crippen LogP contribution in [0.15, 0.2) is 18.2 Å². The fourth-order valence-corrected chi connectivity index (χ4v) is 3.12. The predicted octanol–water partition coefficient (Wildman–Crippen LogP) is 1.19. The highest BCUT2D eigenvalue weighted by molar-refractivity contribution is 6.00. The number of benzene rings is 1. The summed E-state index contributed by atoms with van der Waals surface area (Å²) in [7, 11) is 0. The molecule has 2 unspecified atom stereocenters. The molecule has 1 aromatic carbocycles. The first kappa shape index (κ1) is 15.9.